The molecule has 3 aromatic rings. The molecular weight excluding hydrogens is 326 g/mol. The van der Waals surface area contributed by atoms with E-state index in [4.69, 9.17) is 0 Å². The number of nitrogens with zero attached hydrogens (tertiary/aromatic N) is 2. The average Bonchev–Trinajstić information content (AvgIpc) is 3.19. The molecule has 0 radical (unpaired) electrons. The lowest BCUT2D eigenvalue weighted by molar-refractivity contribution is -0.121. The fourth-order valence-corrected chi connectivity index (χ4v) is 3.82. The highest BCUT2D eigenvalue weighted by molar-refractivity contribution is 7.09. The number of thiophene rings is 1. The van der Waals surface area contributed by atoms with Crippen molar-refractivity contribution >= 4 is 28.6 Å². The summed E-state index contributed by atoms with van der Waals surface area (Å²) in [5, 5.41) is 10.2. The van der Waals surface area contributed by atoms with E-state index in [0.717, 1.165) is 22.8 Å². The Hall–Kier alpha value is -2.05. The number of hydrogen-bond acceptors (Lipinski definition) is 5. The van der Waals surface area contributed by atoms with Crippen molar-refractivity contribution in [3.05, 3.63) is 68.6 Å². The summed E-state index contributed by atoms with van der Waals surface area (Å²) in [5.41, 5.74) is 2.97. The predicted molar refractivity (Wildman–Crippen MR) is 93.7 cm³/mol. The maximum absolute atomic E-state index is 12.4. The molecule has 0 aliphatic rings. The Balaban J connectivity index is 1.71. The van der Waals surface area contributed by atoms with Gasteiger partial charge in [0.1, 0.15) is 5.01 Å². The van der Waals surface area contributed by atoms with Crippen molar-refractivity contribution in [1.29, 1.82) is 0 Å². The van der Waals surface area contributed by atoms with Gasteiger partial charge in [0, 0.05) is 29.4 Å². The van der Waals surface area contributed by atoms with E-state index in [1.807, 2.05) is 30.5 Å². The minimum Gasteiger partial charge on any atom is -0.346 e. The van der Waals surface area contributed by atoms with Gasteiger partial charge in [-0.25, -0.2) is 4.98 Å². The number of nitrogens with one attached hydrogen (secondary N) is 1. The van der Waals surface area contributed by atoms with Crippen LogP contribution in [0.2, 0.25) is 0 Å². The number of rotatable bonds is 6. The summed E-state index contributed by atoms with van der Waals surface area (Å²) in [4.78, 5) is 21.1. The lowest BCUT2D eigenvalue weighted by Gasteiger charge is -2.16. The van der Waals surface area contributed by atoms with Crippen LogP contribution in [0, 0.1) is 6.92 Å². The first kappa shape index (κ1) is 15.8. The van der Waals surface area contributed by atoms with Crippen molar-refractivity contribution in [1.82, 2.24) is 15.3 Å². The molecule has 0 unspecified atom stereocenters. The molecule has 3 heterocycles. The second-order valence-electron chi connectivity index (χ2n) is 5.28. The molecule has 1 atom stereocenters. The van der Waals surface area contributed by atoms with E-state index in [1.54, 1.807) is 28.9 Å². The van der Waals surface area contributed by atoms with Crippen LogP contribution < -0.4 is 5.32 Å². The van der Waals surface area contributed by atoms with Crippen molar-refractivity contribution < 1.29 is 4.79 Å². The van der Waals surface area contributed by atoms with Gasteiger partial charge >= 0.3 is 0 Å². The highest BCUT2D eigenvalue weighted by Crippen LogP contribution is 2.23. The Morgan fingerprint density at radius 2 is 2.22 bits per heavy atom. The molecule has 0 aliphatic carbocycles. The van der Waals surface area contributed by atoms with Crippen LogP contribution in [0.1, 0.15) is 28.0 Å². The molecule has 1 amide bonds. The molecule has 118 valence electrons. The second kappa shape index (κ2) is 7.48. The van der Waals surface area contributed by atoms with Gasteiger partial charge in [-0.05, 0) is 41.4 Å². The SMILES string of the molecule is Cc1csc([C@H](Cc2ccsc2)NC(=O)Cc2ccccn2)n1. The molecule has 3 rings (SSSR count). The number of carbonyl (C=O) groups is 1. The number of thiazole rings is 1. The molecule has 0 spiro atoms. The standard InChI is InChI=1S/C17H17N3OS2/c1-12-10-23-17(19-12)15(8-13-5-7-22-11-13)20-16(21)9-14-4-2-3-6-18-14/h2-7,10-11,15H,8-9H2,1H3,(H,20,21)/t15-/m0/s1. The molecule has 23 heavy (non-hydrogen) atoms. The highest BCUT2D eigenvalue weighted by atomic mass is 32.1. The summed E-state index contributed by atoms with van der Waals surface area (Å²) in [6.07, 6.45) is 2.74. The van der Waals surface area contributed by atoms with Crippen LogP contribution >= 0.6 is 22.7 Å². The molecule has 0 saturated carbocycles. The Kier molecular flexibility index (Phi) is 5.15. The van der Waals surface area contributed by atoms with Crippen molar-refractivity contribution in [2.45, 2.75) is 25.8 Å². The monoisotopic (exact) mass is 343 g/mol. The van der Waals surface area contributed by atoms with Crippen LogP contribution in [0.5, 0.6) is 0 Å². The van der Waals surface area contributed by atoms with Crippen molar-refractivity contribution in [2.24, 2.45) is 0 Å². The lowest BCUT2D eigenvalue weighted by Crippen LogP contribution is -2.31. The Morgan fingerprint density at radius 3 is 2.87 bits per heavy atom. The average molecular weight is 343 g/mol. The predicted octanol–water partition coefficient (Wildman–Crippen LogP) is 3.55. The van der Waals surface area contributed by atoms with Crippen LogP contribution in [-0.2, 0) is 17.6 Å². The van der Waals surface area contributed by atoms with E-state index in [0.29, 0.717) is 0 Å². The summed E-state index contributed by atoms with van der Waals surface area (Å²) in [6.45, 7) is 1.97. The van der Waals surface area contributed by atoms with Gasteiger partial charge in [0.15, 0.2) is 0 Å². The van der Waals surface area contributed by atoms with Gasteiger partial charge in [0.25, 0.3) is 0 Å². The first-order valence-corrected chi connectivity index (χ1v) is 9.15. The third-order valence-electron chi connectivity index (χ3n) is 3.36. The molecule has 0 aliphatic heterocycles. The van der Waals surface area contributed by atoms with Gasteiger partial charge in [0.05, 0.1) is 12.5 Å². The fourth-order valence-electron chi connectivity index (χ4n) is 2.29. The van der Waals surface area contributed by atoms with Crippen molar-refractivity contribution in [3.8, 4) is 0 Å². The van der Waals surface area contributed by atoms with E-state index >= 15 is 0 Å². The summed E-state index contributed by atoms with van der Waals surface area (Å²) < 4.78 is 0. The van der Waals surface area contributed by atoms with Crippen molar-refractivity contribution in [3.63, 3.8) is 0 Å². The first-order chi connectivity index (χ1) is 11.2. The van der Waals surface area contributed by atoms with Gasteiger partial charge in [-0.3, -0.25) is 9.78 Å². The largest absolute Gasteiger partial charge is 0.346 e. The maximum Gasteiger partial charge on any atom is 0.226 e. The number of aromatic nitrogens is 2. The number of carbonyl (C=O) groups excluding carboxylic acids is 1. The molecule has 6 heteroatoms. The maximum atomic E-state index is 12.4. The van der Waals surface area contributed by atoms with Gasteiger partial charge in [-0.2, -0.15) is 11.3 Å². The molecule has 0 aromatic carbocycles. The molecule has 0 fully saturated rings. The lowest BCUT2D eigenvalue weighted by atomic mass is 10.1. The van der Waals surface area contributed by atoms with Gasteiger partial charge < -0.3 is 5.32 Å². The number of pyridine rings is 1. The van der Waals surface area contributed by atoms with Gasteiger partial charge in [-0.1, -0.05) is 6.07 Å². The van der Waals surface area contributed by atoms with Crippen LogP contribution in [0.25, 0.3) is 0 Å². The zero-order valence-electron chi connectivity index (χ0n) is 12.7. The Labute approximate surface area is 143 Å². The third kappa shape index (κ3) is 4.46. The topological polar surface area (TPSA) is 54.9 Å². The Bertz CT molecular complexity index is 753. The van der Waals surface area contributed by atoms with Crippen molar-refractivity contribution in [2.75, 3.05) is 0 Å². The third-order valence-corrected chi connectivity index (χ3v) is 5.17. The van der Waals surface area contributed by atoms with Crippen LogP contribution in [0.4, 0.5) is 0 Å². The summed E-state index contributed by atoms with van der Waals surface area (Å²) in [7, 11) is 0. The summed E-state index contributed by atoms with van der Waals surface area (Å²) in [5.74, 6) is -0.0308. The smallest absolute Gasteiger partial charge is 0.226 e. The van der Waals surface area contributed by atoms with E-state index in [9.17, 15) is 4.79 Å². The minimum atomic E-state index is -0.0977. The molecular formula is C17H17N3OS2. The van der Waals surface area contributed by atoms with Crippen LogP contribution in [-0.4, -0.2) is 15.9 Å². The first-order valence-electron chi connectivity index (χ1n) is 7.33. The van der Waals surface area contributed by atoms with E-state index in [2.05, 4.69) is 32.1 Å². The number of hydrogen-bond donors (Lipinski definition) is 1. The second-order valence-corrected chi connectivity index (χ2v) is 6.95. The van der Waals surface area contributed by atoms with Crippen LogP contribution in [0.15, 0.2) is 46.6 Å². The number of aryl methyl sites for hydroxylation is 1. The van der Waals surface area contributed by atoms with Crippen LogP contribution in [0.3, 0.4) is 0 Å². The Morgan fingerprint density at radius 1 is 1.30 bits per heavy atom. The molecule has 0 saturated heterocycles. The van der Waals surface area contributed by atoms with E-state index < -0.39 is 0 Å². The normalized spacial score (nSPS) is 12.0. The van der Waals surface area contributed by atoms with E-state index in [1.165, 1.54) is 5.56 Å². The minimum absolute atomic E-state index is 0.0308. The quantitative estimate of drug-likeness (QED) is 0.745. The van der Waals surface area contributed by atoms with Gasteiger partial charge in [0.2, 0.25) is 5.91 Å². The molecule has 0 bridgehead atoms. The zero-order valence-corrected chi connectivity index (χ0v) is 14.4. The number of amides is 1. The summed E-state index contributed by atoms with van der Waals surface area (Å²) in [6, 6.07) is 7.59. The molecule has 1 N–H and O–H groups in total. The van der Waals surface area contributed by atoms with Gasteiger partial charge in [-0.15, -0.1) is 11.3 Å². The molecule has 4 nitrogen and oxygen atoms in total. The molecule has 3 aromatic heterocycles. The van der Waals surface area contributed by atoms with E-state index in [-0.39, 0.29) is 18.4 Å². The fraction of sp³-hybridized carbons (Fsp3) is 0.235. The summed E-state index contributed by atoms with van der Waals surface area (Å²) >= 11 is 3.25. The highest BCUT2D eigenvalue weighted by Gasteiger charge is 2.19. The zero-order chi connectivity index (χ0) is 16.1.